The van der Waals surface area contributed by atoms with Crippen LogP contribution >= 0.6 is 0 Å². The van der Waals surface area contributed by atoms with Crippen molar-refractivity contribution in [3.8, 4) is 11.5 Å². The molecule has 1 unspecified atom stereocenters. The number of likely N-dealkylation sites (N-methyl/N-ethyl adjacent to an activating group) is 1. The lowest BCUT2D eigenvalue weighted by atomic mass is 10.0. The van der Waals surface area contributed by atoms with Crippen LogP contribution in [0.25, 0.3) is 0 Å². The summed E-state index contributed by atoms with van der Waals surface area (Å²) in [6.07, 6.45) is 0. The summed E-state index contributed by atoms with van der Waals surface area (Å²) in [6.45, 7) is 0.502. The molecular formula is C17H22N2O2. The van der Waals surface area contributed by atoms with Crippen molar-refractivity contribution < 1.29 is 9.47 Å². The summed E-state index contributed by atoms with van der Waals surface area (Å²) in [5.74, 6) is 1.67. The van der Waals surface area contributed by atoms with Crippen molar-refractivity contribution in [2.24, 2.45) is 5.73 Å². The molecule has 0 aromatic heterocycles. The maximum atomic E-state index is 6.00. The first kappa shape index (κ1) is 15.2. The third-order valence-corrected chi connectivity index (χ3v) is 3.63. The van der Waals surface area contributed by atoms with E-state index in [1.54, 1.807) is 14.2 Å². The standard InChI is InChI=1S/C17H22N2O2/c1-19(15-9-4-5-10-17(15)21-3)16(12-18)13-7-6-8-14(11-13)20-2/h4-11,16H,12,18H2,1-3H3. The molecule has 0 fully saturated rings. The first-order valence-corrected chi connectivity index (χ1v) is 6.91. The molecule has 2 aromatic carbocycles. The van der Waals surface area contributed by atoms with Crippen LogP contribution in [0.15, 0.2) is 48.5 Å². The van der Waals surface area contributed by atoms with Gasteiger partial charge in [0, 0.05) is 13.6 Å². The third-order valence-electron chi connectivity index (χ3n) is 3.63. The predicted molar refractivity (Wildman–Crippen MR) is 86.2 cm³/mol. The van der Waals surface area contributed by atoms with Crippen LogP contribution in [0.1, 0.15) is 11.6 Å². The predicted octanol–water partition coefficient (Wildman–Crippen LogP) is 2.84. The molecule has 112 valence electrons. The molecule has 2 N–H and O–H groups in total. The van der Waals surface area contributed by atoms with Crippen LogP contribution in [0.3, 0.4) is 0 Å². The zero-order chi connectivity index (χ0) is 15.2. The first-order valence-electron chi connectivity index (χ1n) is 6.91. The molecule has 2 rings (SSSR count). The van der Waals surface area contributed by atoms with E-state index in [1.165, 1.54) is 0 Å². The van der Waals surface area contributed by atoms with Gasteiger partial charge in [0.15, 0.2) is 0 Å². The Morgan fingerprint density at radius 3 is 2.48 bits per heavy atom. The molecule has 21 heavy (non-hydrogen) atoms. The van der Waals surface area contributed by atoms with E-state index in [9.17, 15) is 0 Å². The van der Waals surface area contributed by atoms with Crippen LogP contribution in [0, 0.1) is 0 Å². The summed E-state index contributed by atoms with van der Waals surface area (Å²) in [6, 6.07) is 16.0. The van der Waals surface area contributed by atoms with Gasteiger partial charge < -0.3 is 20.1 Å². The Morgan fingerprint density at radius 1 is 1.05 bits per heavy atom. The van der Waals surface area contributed by atoms with Gasteiger partial charge in [-0.2, -0.15) is 0 Å². The largest absolute Gasteiger partial charge is 0.497 e. The molecular weight excluding hydrogens is 264 g/mol. The van der Waals surface area contributed by atoms with Gasteiger partial charge in [-0.3, -0.25) is 0 Å². The maximum absolute atomic E-state index is 6.00. The molecule has 0 aliphatic carbocycles. The molecule has 0 bridgehead atoms. The lowest BCUT2D eigenvalue weighted by molar-refractivity contribution is 0.412. The van der Waals surface area contributed by atoms with Crippen molar-refractivity contribution in [1.82, 2.24) is 0 Å². The van der Waals surface area contributed by atoms with Crippen molar-refractivity contribution >= 4 is 5.69 Å². The molecule has 4 nitrogen and oxygen atoms in total. The lowest BCUT2D eigenvalue weighted by Gasteiger charge is -2.30. The summed E-state index contributed by atoms with van der Waals surface area (Å²) in [5, 5.41) is 0. The quantitative estimate of drug-likeness (QED) is 0.887. The van der Waals surface area contributed by atoms with E-state index in [0.717, 1.165) is 22.7 Å². The highest BCUT2D eigenvalue weighted by Crippen LogP contribution is 2.33. The van der Waals surface area contributed by atoms with Crippen LogP contribution in [0.4, 0.5) is 5.69 Å². The fourth-order valence-electron chi connectivity index (χ4n) is 2.46. The van der Waals surface area contributed by atoms with Crippen LogP contribution in [-0.2, 0) is 0 Å². The Balaban J connectivity index is 2.35. The summed E-state index contributed by atoms with van der Waals surface area (Å²) in [5.41, 5.74) is 8.13. The summed E-state index contributed by atoms with van der Waals surface area (Å²) >= 11 is 0. The molecule has 0 radical (unpaired) electrons. The fraction of sp³-hybridized carbons (Fsp3) is 0.294. The van der Waals surface area contributed by atoms with Crippen LogP contribution in [-0.4, -0.2) is 27.8 Å². The zero-order valence-corrected chi connectivity index (χ0v) is 12.7. The molecule has 0 spiro atoms. The minimum atomic E-state index is 0.0522. The Labute approximate surface area is 126 Å². The number of rotatable bonds is 6. The number of hydrogen-bond donors (Lipinski definition) is 1. The van der Waals surface area contributed by atoms with E-state index in [4.69, 9.17) is 15.2 Å². The molecule has 0 saturated heterocycles. The van der Waals surface area contributed by atoms with Gasteiger partial charge in [0.2, 0.25) is 0 Å². The van der Waals surface area contributed by atoms with Gasteiger partial charge in [-0.15, -0.1) is 0 Å². The second kappa shape index (κ2) is 6.99. The highest BCUT2D eigenvalue weighted by Gasteiger charge is 2.19. The minimum absolute atomic E-state index is 0.0522. The molecule has 1 atom stereocenters. The van der Waals surface area contributed by atoms with Crippen LogP contribution < -0.4 is 20.1 Å². The van der Waals surface area contributed by atoms with Crippen molar-refractivity contribution in [3.05, 3.63) is 54.1 Å². The highest BCUT2D eigenvalue weighted by atomic mass is 16.5. The van der Waals surface area contributed by atoms with E-state index in [-0.39, 0.29) is 6.04 Å². The first-order chi connectivity index (χ1) is 10.2. The van der Waals surface area contributed by atoms with Gasteiger partial charge in [-0.1, -0.05) is 24.3 Å². The number of ether oxygens (including phenoxy) is 2. The Kier molecular flexibility index (Phi) is 5.06. The average molecular weight is 286 g/mol. The van der Waals surface area contributed by atoms with Crippen molar-refractivity contribution in [1.29, 1.82) is 0 Å². The summed E-state index contributed by atoms with van der Waals surface area (Å²) < 4.78 is 10.7. The van der Waals surface area contributed by atoms with E-state index in [1.807, 2.05) is 49.5 Å². The maximum Gasteiger partial charge on any atom is 0.142 e. The van der Waals surface area contributed by atoms with Crippen molar-refractivity contribution in [3.63, 3.8) is 0 Å². The van der Waals surface area contributed by atoms with Gasteiger partial charge in [0.05, 0.1) is 25.9 Å². The van der Waals surface area contributed by atoms with Crippen molar-refractivity contribution in [2.75, 3.05) is 32.7 Å². The van der Waals surface area contributed by atoms with Gasteiger partial charge in [-0.05, 0) is 29.8 Å². The van der Waals surface area contributed by atoms with E-state index >= 15 is 0 Å². The van der Waals surface area contributed by atoms with Gasteiger partial charge in [0.25, 0.3) is 0 Å². The molecule has 0 aliphatic heterocycles. The minimum Gasteiger partial charge on any atom is -0.497 e. The van der Waals surface area contributed by atoms with Gasteiger partial charge in [-0.25, -0.2) is 0 Å². The van der Waals surface area contributed by atoms with Gasteiger partial charge >= 0.3 is 0 Å². The third kappa shape index (κ3) is 3.28. The van der Waals surface area contributed by atoms with Crippen LogP contribution in [0.2, 0.25) is 0 Å². The number of nitrogens with two attached hydrogens (primary N) is 1. The second-order valence-corrected chi connectivity index (χ2v) is 4.81. The smallest absolute Gasteiger partial charge is 0.142 e. The molecule has 0 heterocycles. The second-order valence-electron chi connectivity index (χ2n) is 4.81. The topological polar surface area (TPSA) is 47.7 Å². The highest BCUT2D eigenvalue weighted by molar-refractivity contribution is 5.59. The van der Waals surface area contributed by atoms with E-state index in [2.05, 4.69) is 11.0 Å². The molecule has 4 heteroatoms. The zero-order valence-electron chi connectivity index (χ0n) is 12.7. The normalized spacial score (nSPS) is 11.8. The average Bonchev–Trinajstić information content (AvgIpc) is 2.55. The fourth-order valence-corrected chi connectivity index (χ4v) is 2.46. The Hall–Kier alpha value is -2.20. The number of para-hydroxylation sites is 2. The molecule has 0 saturated carbocycles. The number of hydrogen-bond acceptors (Lipinski definition) is 4. The SMILES string of the molecule is COc1cccc(C(CN)N(C)c2ccccc2OC)c1. The lowest BCUT2D eigenvalue weighted by Crippen LogP contribution is -2.30. The Bertz CT molecular complexity index is 587. The van der Waals surface area contributed by atoms with Gasteiger partial charge in [0.1, 0.15) is 11.5 Å². The van der Waals surface area contributed by atoms with E-state index < -0.39 is 0 Å². The van der Waals surface area contributed by atoms with Crippen molar-refractivity contribution in [2.45, 2.75) is 6.04 Å². The van der Waals surface area contributed by atoms with Crippen LogP contribution in [0.5, 0.6) is 11.5 Å². The molecule has 2 aromatic rings. The number of anilines is 1. The molecule has 0 amide bonds. The van der Waals surface area contributed by atoms with E-state index in [0.29, 0.717) is 6.54 Å². The monoisotopic (exact) mass is 286 g/mol. The molecule has 0 aliphatic rings. The summed E-state index contributed by atoms with van der Waals surface area (Å²) in [7, 11) is 5.37. The Morgan fingerprint density at radius 2 is 1.81 bits per heavy atom. The number of nitrogens with zero attached hydrogens (tertiary/aromatic N) is 1. The summed E-state index contributed by atoms with van der Waals surface area (Å²) in [4.78, 5) is 2.13. The number of methoxy groups -OCH3 is 2. The number of benzene rings is 2.